The van der Waals surface area contributed by atoms with Crippen molar-refractivity contribution in [2.75, 3.05) is 17.4 Å². The normalized spacial score (nSPS) is 9.88. The maximum atomic E-state index is 5.33. The van der Waals surface area contributed by atoms with E-state index in [0.29, 0.717) is 5.82 Å². The summed E-state index contributed by atoms with van der Waals surface area (Å²) in [6.45, 7) is 0. The number of hydrogen-bond donors (Lipinski definition) is 2. The molecule has 0 saturated heterocycles. The highest BCUT2D eigenvalue weighted by molar-refractivity contribution is 5.60. The highest BCUT2D eigenvalue weighted by atomic mass is 15.3. The zero-order valence-electron chi connectivity index (χ0n) is 9.09. The summed E-state index contributed by atoms with van der Waals surface area (Å²) >= 11 is 0. The van der Waals surface area contributed by atoms with Gasteiger partial charge in [0.2, 0.25) is 0 Å². The van der Waals surface area contributed by atoms with Crippen LogP contribution in [0, 0.1) is 0 Å². The van der Waals surface area contributed by atoms with Crippen LogP contribution in [0.1, 0.15) is 0 Å². The van der Waals surface area contributed by atoms with E-state index >= 15 is 0 Å². The number of aromatic nitrogens is 1. The van der Waals surface area contributed by atoms with Crippen molar-refractivity contribution in [3.8, 4) is 0 Å². The molecule has 3 N–H and O–H groups in total. The van der Waals surface area contributed by atoms with Crippen LogP contribution in [-0.2, 0) is 0 Å². The monoisotopic (exact) mass is 214 g/mol. The topological polar surface area (TPSA) is 54.2 Å². The van der Waals surface area contributed by atoms with Crippen LogP contribution in [0.3, 0.4) is 0 Å². The van der Waals surface area contributed by atoms with Crippen molar-refractivity contribution in [2.24, 2.45) is 5.84 Å². The van der Waals surface area contributed by atoms with Gasteiger partial charge in [-0.25, -0.2) is 10.8 Å². The molecule has 82 valence electrons. The van der Waals surface area contributed by atoms with Crippen LogP contribution in [0.2, 0.25) is 0 Å². The molecule has 1 aromatic carbocycles. The average molecular weight is 214 g/mol. The number of pyridine rings is 1. The Morgan fingerprint density at radius 2 is 1.81 bits per heavy atom. The zero-order valence-corrected chi connectivity index (χ0v) is 9.09. The summed E-state index contributed by atoms with van der Waals surface area (Å²) in [5.74, 6) is 6.83. The van der Waals surface area contributed by atoms with Crippen LogP contribution in [0.5, 0.6) is 0 Å². The van der Waals surface area contributed by atoms with E-state index in [2.05, 4.69) is 10.4 Å². The first kappa shape index (κ1) is 10.4. The lowest BCUT2D eigenvalue weighted by Crippen LogP contribution is -2.14. The molecular weight excluding hydrogens is 200 g/mol. The Hall–Kier alpha value is -2.07. The molecule has 0 radical (unpaired) electrons. The summed E-state index contributed by atoms with van der Waals surface area (Å²) in [7, 11) is 1.97. The predicted octanol–water partition coefficient (Wildman–Crippen LogP) is 2.14. The molecule has 16 heavy (non-hydrogen) atoms. The Morgan fingerprint density at radius 3 is 2.50 bits per heavy atom. The number of nitrogen functional groups attached to an aromatic ring is 1. The zero-order chi connectivity index (χ0) is 11.4. The number of nitrogens with two attached hydrogens (primary N) is 1. The van der Waals surface area contributed by atoms with Crippen molar-refractivity contribution in [2.45, 2.75) is 0 Å². The van der Waals surface area contributed by atoms with Crippen molar-refractivity contribution in [1.29, 1.82) is 0 Å². The van der Waals surface area contributed by atoms with E-state index < -0.39 is 0 Å². The molecule has 1 heterocycles. The Labute approximate surface area is 94.7 Å². The molecule has 2 aromatic rings. The summed E-state index contributed by atoms with van der Waals surface area (Å²) in [4.78, 5) is 6.36. The van der Waals surface area contributed by atoms with Gasteiger partial charge in [0.25, 0.3) is 0 Å². The Balaban J connectivity index is 2.30. The molecular formula is C12H14N4. The number of hydrazine groups is 1. The van der Waals surface area contributed by atoms with Gasteiger partial charge in [-0.15, -0.1) is 0 Å². The van der Waals surface area contributed by atoms with E-state index in [1.807, 2.05) is 60.5 Å². The molecule has 4 heteroatoms. The Bertz CT molecular complexity index is 456. The molecule has 0 amide bonds. The smallest absolute Gasteiger partial charge is 0.142 e. The third-order valence-corrected chi connectivity index (χ3v) is 2.37. The first-order valence-electron chi connectivity index (χ1n) is 5.04. The Kier molecular flexibility index (Phi) is 3.03. The van der Waals surface area contributed by atoms with Gasteiger partial charge in [-0.1, -0.05) is 24.3 Å². The highest BCUT2D eigenvalue weighted by Gasteiger charge is 2.04. The number of nitrogens with one attached hydrogen (secondary N) is 1. The van der Waals surface area contributed by atoms with Gasteiger partial charge in [-0.2, -0.15) is 0 Å². The maximum absolute atomic E-state index is 5.33. The van der Waals surface area contributed by atoms with Gasteiger partial charge < -0.3 is 10.3 Å². The van der Waals surface area contributed by atoms with Gasteiger partial charge in [-0.05, 0) is 24.3 Å². The van der Waals surface area contributed by atoms with Crippen LogP contribution in [-0.4, -0.2) is 12.0 Å². The molecule has 0 bridgehead atoms. The van der Waals surface area contributed by atoms with Crippen LogP contribution >= 0.6 is 0 Å². The average Bonchev–Trinajstić information content (AvgIpc) is 2.39. The molecule has 0 unspecified atom stereocenters. The predicted molar refractivity (Wildman–Crippen MR) is 66.6 cm³/mol. The molecule has 2 rings (SSSR count). The van der Waals surface area contributed by atoms with Gasteiger partial charge in [-0.3, -0.25) is 0 Å². The Morgan fingerprint density at radius 1 is 1.06 bits per heavy atom. The molecule has 0 aliphatic rings. The molecule has 0 saturated carbocycles. The van der Waals surface area contributed by atoms with Crippen molar-refractivity contribution in [1.82, 2.24) is 4.98 Å². The summed E-state index contributed by atoms with van der Waals surface area (Å²) < 4.78 is 0. The van der Waals surface area contributed by atoms with Crippen molar-refractivity contribution < 1.29 is 0 Å². The molecule has 1 aromatic heterocycles. The van der Waals surface area contributed by atoms with Crippen molar-refractivity contribution in [3.63, 3.8) is 0 Å². The molecule has 0 aliphatic heterocycles. The summed E-state index contributed by atoms with van der Waals surface area (Å²) in [6.07, 6.45) is 0. The summed E-state index contributed by atoms with van der Waals surface area (Å²) in [5.41, 5.74) is 3.62. The lowest BCUT2D eigenvalue weighted by Gasteiger charge is -2.18. The van der Waals surface area contributed by atoms with Gasteiger partial charge in [0, 0.05) is 12.7 Å². The molecule has 0 spiro atoms. The maximum Gasteiger partial charge on any atom is 0.142 e. The van der Waals surface area contributed by atoms with E-state index in [1.165, 1.54) is 0 Å². The molecule has 4 nitrogen and oxygen atoms in total. The molecule has 0 atom stereocenters. The first-order chi connectivity index (χ1) is 7.81. The van der Waals surface area contributed by atoms with E-state index in [9.17, 15) is 0 Å². The fourth-order valence-corrected chi connectivity index (χ4v) is 1.47. The first-order valence-corrected chi connectivity index (χ1v) is 5.04. The second-order valence-corrected chi connectivity index (χ2v) is 3.42. The standard InChI is InChI=1S/C12H14N4/c1-16(10-6-3-2-4-7-10)12-9-5-8-11(14-12)15-13/h2-9H,13H2,1H3,(H,14,15). The number of para-hydroxylation sites is 1. The van der Waals surface area contributed by atoms with E-state index in [0.717, 1.165) is 11.5 Å². The van der Waals surface area contributed by atoms with Crippen molar-refractivity contribution in [3.05, 3.63) is 48.5 Å². The third kappa shape index (κ3) is 2.12. The molecule has 0 aliphatic carbocycles. The van der Waals surface area contributed by atoms with E-state index in [4.69, 9.17) is 5.84 Å². The fraction of sp³-hybridized carbons (Fsp3) is 0.0833. The molecule has 0 fully saturated rings. The summed E-state index contributed by atoms with van der Waals surface area (Å²) in [5, 5.41) is 0. The number of benzene rings is 1. The highest BCUT2D eigenvalue weighted by Crippen LogP contribution is 2.21. The van der Waals surface area contributed by atoms with Gasteiger partial charge in [0.1, 0.15) is 11.6 Å². The van der Waals surface area contributed by atoms with Gasteiger partial charge >= 0.3 is 0 Å². The minimum atomic E-state index is 0.653. The largest absolute Gasteiger partial charge is 0.329 e. The quantitative estimate of drug-likeness (QED) is 0.607. The fourth-order valence-electron chi connectivity index (χ4n) is 1.47. The number of hydrogen-bond acceptors (Lipinski definition) is 4. The van der Waals surface area contributed by atoms with Crippen molar-refractivity contribution >= 4 is 17.3 Å². The third-order valence-electron chi connectivity index (χ3n) is 2.37. The van der Waals surface area contributed by atoms with Crippen LogP contribution < -0.4 is 16.2 Å². The number of anilines is 3. The van der Waals surface area contributed by atoms with E-state index in [-0.39, 0.29) is 0 Å². The van der Waals surface area contributed by atoms with Crippen LogP contribution in [0.15, 0.2) is 48.5 Å². The minimum Gasteiger partial charge on any atom is -0.329 e. The van der Waals surface area contributed by atoms with Crippen LogP contribution in [0.4, 0.5) is 17.3 Å². The lowest BCUT2D eigenvalue weighted by atomic mass is 10.3. The number of nitrogens with zero attached hydrogens (tertiary/aromatic N) is 2. The van der Waals surface area contributed by atoms with Gasteiger partial charge in [0.15, 0.2) is 0 Å². The lowest BCUT2D eigenvalue weighted by molar-refractivity contribution is 1.11. The SMILES string of the molecule is CN(c1ccccc1)c1cccc(NN)n1. The number of rotatable bonds is 3. The van der Waals surface area contributed by atoms with Crippen LogP contribution in [0.25, 0.3) is 0 Å². The minimum absolute atomic E-state index is 0.653. The second kappa shape index (κ2) is 4.63. The van der Waals surface area contributed by atoms with E-state index in [1.54, 1.807) is 0 Å². The van der Waals surface area contributed by atoms with Gasteiger partial charge in [0.05, 0.1) is 0 Å². The summed E-state index contributed by atoms with van der Waals surface area (Å²) in [6, 6.07) is 15.7. The second-order valence-electron chi connectivity index (χ2n) is 3.42.